The summed E-state index contributed by atoms with van der Waals surface area (Å²) in [4.78, 5) is 0. The lowest BCUT2D eigenvalue weighted by Gasteiger charge is -2.02. The molecule has 0 spiro atoms. The molecule has 0 fully saturated rings. The topological polar surface area (TPSA) is 20.2 Å². The Balaban J connectivity index is -0.000000266. The van der Waals surface area contributed by atoms with Gasteiger partial charge in [0.25, 0.3) is 0 Å². The highest BCUT2D eigenvalue weighted by molar-refractivity contribution is 5.25. The minimum absolute atomic E-state index is 0.408. The summed E-state index contributed by atoms with van der Waals surface area (Å²) < 4.78 is 0. The van der Waals surface area contributed by atoms with Crippen molar-refractivity contribution >= 4 is 0 Å². The highest BCUT2D eigenvalue weighted by Gasteiger charge is 1.96. The predicted octanol–water partition coefficient (Wildman–Crippen LogP) is 4.11. The molecule has 14 heavy (non-hydrogen) atoms. The van der Waals surface area contributed by atoms with Crippen LogP contribution in [0, 0.1) is 0 Å². The van der Waals surface area contributed by atoms with Gasteiger partial charge in [-0.05, 0) is 19.4 Å². The molecule has 0 aromatic heterocycles. The third-order valence-corrected chi connectivity index (χ3v) is 1.15. The van der Waals surface area contributed by atoms with E-state index in [-0.39, 0.29) is 0 Å². The first kappa shape index (κ1) is 18.9. The molecule has 1 unspecified atom stereocenters. The van der Waals surface area contributed by atoms with E-state index in [1.807, 2.05) is 46.8 Å². The smallest absolute Gasteiger partial charge is 0.0761 e. The summed E-state index contributed by atoms with van der Waals surface area (Å²) in [6, 6.07) is 0. The quantitative estimate of drug-likeness (QED) is 0.677. The zero-order valence-corrected chi connectivity index (χ0v) is 10.5. The molecule has 1 nitrogen and oxygen atoms in total. The van der Waals surface area contributed by atoms with Crippen molar-refractivity contribution in [3.63, 3.8) is 0 Å². The van der Waals surface area contributed by atoms with Crippen molar-refractivity contribution in [2.75, 3.05) is 0 Å². The molecule has 0 bridgehead atoms. The van der Waals surface area contributed by atoms with Crippen LogP contribution in [0.4, 0.5) is 0 Å². The van der Waals surface area contributed by atoms with Gasteiger partial charge in [-0.3, -0.25) is 0 Å². The maximum atomic E-state index is 9.11. The van der Waals surface area contributed by atoms with Gasteiger partial charge in [0, 0.05) is 0 Å². The van der Waals surface area contributed by atoms with Gasteiger partial charge in [0.1, 0.15) is 0 Å². The Morgan fingerprint density at radius 2 is 1.64 bits per heavy atom. The lowest BCUT2D eigenvalue weighted by atomic mass is 10.1. The molecule has 0 aromatic carbocycles. The number of rotatable bonds is 3. The Labute approximate surface area is 89.9 Å². The largest absolute Gasteiger partial charge is 0.389 e. The molecule has 1 N–H and O–H groups in total. The average Bonchev–Trinajstić information content (AvgIpc) is 2.23. The van der Waals surface area contributed by atoms with E-state index in [0.717, 1.165) is 5.57 Å². The van der Waals surface area contributed by atoms with Gasteiger partial charge in [-0.25, -0.2) is 0 Å². The summed E-state index contributed by atoms with van der Waals surface area (Å²) in [6.45, 7) is 15.2. The van der Waals surface area contributed by atoms with E-state index in [9.17, 15) is 0 Å². The van der Waals surface area contributed by atoms with Gasteiger partial charge in [0.2, 0.25) is 0 Å². The Hall–Kier alpha value is -0.820. The fourth-order valence-corrected chi connectivity index (χ4v) is 0.663. The summed E-state index contributed by atoms with van der Waals surface area (Å²) in [7, 11) is 0. The van der Waals surface area contributed by atoms with E-state index in [2.05, 4.69) is 6.58 Å². The molecule has 0 aromatic rings. The number of aliphatic hydroxyl groups excluding tert-OH is 1. The van der Waals surface area contributed by atoms with Crippen molar-refractivity contribution in [2.24, 2.45) is 0 Å². The fraction of sp³-hybridized carbons (Fsp3) is 0.538. The standard InChI is InChI=1S/C9H14O.2C2H6/c1-4-6-9(7-5-2)8(3)10;2*1-2/h4-8,10H,1H2,2-3H3;2*1-2H3/b7-5-,9-6+;;. The molecule has 0 saturated carbocycles. The summed E-state index contributed by atoms with van der Waals surface area (Å²) in [6.07, 6.45) is 6.82. The zero-order valence-electron chi connectivity index (χ0n) is 10.5. The second-order valence-electron chi connectivity index (χ2n) is 2.08. The van der Waals surface area contributed by atoms with E-state index >= 15 is 0 Å². The average molecular weight is 198 g/mol. The molecule has 0 radical (unpaired) electrons. The molecule has 0 amide bonds. The Kier molecular flexibility index (Phi) is 24.3. The minimum Gasteiger partial charge on any atom is -0.389 e. The maximum Gasteiger partial charge on any atom is 0.0761 e. The monoisotopic (exact) mass is 198 g/mol. The van der Waals surface area contributed by atoms with E-state index in [1.54, 1.807) is 19.1 Å². The van der Waals surface area contributed by atoms with Crippen molar-refractivity contribution in [1.29, 1.82) is 0 Å². The molecule has 0 rings (SSSR count). The van der Waals surface area contributed by atoms with Crippen LogP contribution in [0.25, 0.3) is 0 Å². The number of allylic oxidation sites excluding steroid dienone is 3. The number of aliphatic hydroxyl groups is 1. The molecule has 1 atom stereocenters. The molecule has 0 aliphatic carbocycles. The maximum absolute atomic E-state index is 9.11. The van der Waals surface area contributed by atoms with Crippen molar-refractivity contribution in [1.82, 2.24) is 0 Å². The van der Waals surface area contributed by atoms with Gasteiger partial charge >= 0.3 is 0 Å². The van der Waals surface area contributed by atoms with Gasteiger partial charge in [-0.1, -0.05) is 58.6 Å². The second-order valence-corrected chi connectivity index (χ2v) is 2.08. The van der Waals surface area contributed by atoms with Crippen molar-refractivity contribution in [3.8, 4) is 0 Å². The van der Waals surface area contributed by atoms with Crippen LogP contribution in [0.15, 0.2) is 36.5 Å². The highest BCUT2D eigenvalue weighted by Crippen LogP contribution is 2.03. The molecular weight excluding hydrogens is 172 g/mol. The Bertz CT molecular complexity index is 153. The molecule has 84 valence electrons. The minimum atomic E-state index is -0.408. The third kappa shape index (κ3) is 13.7. The van der Waals surface area contributed by atoms with Crippen LogP contribution in [0.5, 0.6) is 0 Å². The van der Waals surface area contributed by atoms with Crippen LogP contribution in [-0.4, -0.2) is 11.2 Å². The predicted molar refractivity (Wildman–Crippen MR) is 67.5 cm³/mol. The van der Waals surface area contributed by atoms with Gasteiger partial charge in [0.05, 0.1) is 6.10 Å². The molecule has 0 heterocycles. The van der Waals surface area contributed by atoms with Crippen LogP contribution in [0.1, 0.15) is 41.5 Å². The lowest BCUT2D eigenvalue weighted by molar-refractivity contribution is 0.235. The molecule has 0 aliphatic rings. The fourth-order valence-electron chi connectivity index (χ4n) is 0.663. The first-order valence-corrected chi connectivity index (χ1v) is 5.35. The summed E-state index contributed by atoms with van der Waals surface area (Å²) in [5.74, 6) is 0. The third-order valence-electron chi connectivity index (χ3n) is 1.15. The lowest BCUT2D eigenvalue weighted by Crippen LogP contribution is -2.01. The van der Waals surface area contributed by atoms with Crippen LogP contribution in [0.3, 0.4) is 0 Å². The van der Waals surface area contributed by atoms with Crippen LogP contribution >= 0.6 is 0 Å². The van der Waals surface area contributed by atoms with Crippen LogP contribution in [0.2, 0.25) is 0 Å². The Morgan fingerprint density at radius 3 is 1.86 bits per heavy atom. The molecule has 1 heteroatoms. The van der Waals surface area contributed by atoms with Crippen molar-refractivity contribution in [3.05, 3.63) is 36.5 Å². The SMILES string of the molecule is C=C/C=C(\C=C/C)C(C)O.CC.CC. The number of hydrogen-bond donors (Lipinski definition) is 1. The van der Waals surface area contributed by atoms with Crippen molar-refractivity contribution in [2.45, 2.75) is 47.6 Å². The van der Waals surface area contributed by atoms with Gasteiger partial charge in [-0.15, -0.1) is 0 Å². The summed E-state index contributed by atoms with van der Waals surface area (Å²) >= 11 is 0. The van der Waals surface area contributed by atoms with Gasteiger partial charge < -0.3 is 5.11 Å². The van der Waals surface area contributed by atoms with Crippen LogP contribution < -0.4 is 0 Å². The normalized spacial score (nSPS) is 12.1. The van der Waals surface area contributed by atoms with E-state index in [0.29, 0.717) is 0 Å². The molecule has 0 saturated heterocycles. The molecular formula is C13H26O. The van der Waals surface area contributed by atoms with Crippen molar-refractivity contribution < 1.29 is 5.11 Å². The summed E-state index contributed by atoms with van der Waals surface area (Å²) in [5.41, 5.74) is 0.887. The first-order valence-electron chi connectivity index (χ1n) is 5.35. The van der Waals surface area contributed by atoms with E-state index in [1.165, 1.54) is 0 Å². The molecule has 0 aliphatic heterocycles. The van der Waals surface area contributed by atoms with Gasteiger partial charge in [0.15, 0.2) is 0 Å². The Morgan fingerprint density at radius 1 is 1.21 bits per heavy atom. The number of hydrogen-bond acceptors (Lipinski definition) is 1. The highest BCUT2D eigenvalue weighted by atomic mass is 16.3. The zero-order chi connectivity index (χ0) is 12.0. The van der Waals surface area contributed by atoms with E-state index in [4.69, 9.17) is 5.11 Å². The van der Waals surface area contributed by atoms with E-state index < -0.39 is 6.10 Å². The summed E-state index contributed by atoms with van der Waals surface area (Å²) in [5, 5.41) is 9.11. The van der Waals surface area contributed by atoms with Gasteiger partial charge in [-0.2, -0.15) is 0 Å². The van der Waals surface area contributed by atoms with Crippen LogP contribution in [-0.2, 0) is 0 Å². The second kappa shape index (κ2) is 18.1. The first-order chi connectivity index (χ1) is 6.72.